The van der Waals surface area contributed by atoms with E-state index in [1.807, 2.05) is 6.92 Å². The first-order valence-corrected chi connectivity index (χ1v) is 4.58. The van der Waals surface area contributed by atoms with Crippen molar-refractivity contribution in [1.82, 2.24) is 15.2 Å². The maximum Gasteiger partial charge on any atom is 0.253 e. The van der Waals surface area contributed by atoms with Gasteiger partial charge in [0, 0.05) is 5.75 Å². The van der Waals surface area contributed by atoms with Crippen LogP contribution in [0, 0.1) is 6.92 Å². The molecule has 6 heteroatoms. The van der Waals surface area contributed by atoms with Crippen molar-refractivity contribution in [3.63, 3.8) is 0 Å². The number of hydrogen-bond donors (Lipinski definition) is 2. The zero-order valence-corrected chi connectivity index (χ0v) is 7.23. The maximum atomic E-state index is 10.9. The van der Waals surface area contributed by atoms with Crippen molar-refractivity contribution in [2.75, 3.05) is 10.5 Å². The van der Waals surface area contributed by atoms with Gasteiger partial charge in [0.25, 0.3) is 5.95 Å². The number of nitrogens with one attached hydrogen (secondary N) is 2. The van der Waals surface area contributed by atoms with E-state index in [4.69, 9.17) is 0 Å². The Morgan fingerprint density at radius 3 is 2.91 bits per heavy atom. The number of nitrogens with zero attached hydrogens (tertiary/aromatic N) is 2. The van der Waals surface area contributed by atoms with E-state index in [0.29, 0.717) is 17.5 Å². The van der Waals surface area contributed by atoms with Gasteiger partial charge in [-0.1, -0.05) is 6.92 Å². The average molecular weight is 174 g/mol. The molecule has 0 saturated heterocycles. The summed E-state index contributed by atoms with van der Waals surface area (Å²) in [6.07, 6.45) is 0. The summed E-state index contributed by atoms with van der Waals surface area (Å²) in [5.74, 6) is 1.65. The minimum Gasteiger partial charge on any atom is -0.272 e. The normalized spacial score (nSPS) is 12.9. The van der Waals surface area contributed by atoms with Crippen molar-refractivity contribution < 1.29 is 4.21 Å². The van der Waals surface area contributed by atoms with Crippen LogP contribution in [-0.2, 0) is 11.0 Å². The van der Waals surface area contributed by atoms with Crippen molar-refractivity contribution in [2.24, 2.45) is 0 Å². The van der Waals surface area contributed by atoms with E-state index in [-0.39, 0.29) is 0 Å². The molecule has 1 rings (SSSR count). The molecule has 1 aromatic rings. The highest BCUT2D eigenvalue weighted by atomic mass is 32.2. The van der Waals surface area contributed by atoms with Crippen molar-refractivity contribution in [3.05, 3.63) is 5.82 Å². The molecule has 1 heterocycles. The van der Waals surface area contributed by atoms with Crippen LogP contribution in [-0.4, -0.2) is 25.1 Å². The number of hydrogen-bond acceptors (Lipinski definition) is 3. The van der Waals surface area contributed by atoms with E-state index < -0.39 is 11.0 Å². The highest BCUT2D eigenvalue weighted by molar-refractivity contribution is 7.86. The number of rotatable bonds is 3. The Kier molecular flexibility index (Phi) is 2.58. The molecule has 0 radical (unpaired) electrons. The van der Waals surface area contributed by atoms with Gasteiger partial charge in [0.1, 0.15) is 16.8 Å². The van der Waals surface area contributed by atoms with Crippen LogP contribution in [0.3, 0.4) is 0 Å². The Morgan fingerprint density at radius 1 is 1.73 bits per heavy atom. The van der Waals surface area contributed by atoms with E-state index >= 15 is 0 Å². The first-order valence-electron chi connectivity index (χ1n) is 3.26. The Hall–Kier alpha value is -0.910. The summed E-state index contributed by atoms with van der Waals surface area (Å²) >= 11 is 0. The molecule has 1 unspecified atom stereocenters. The van der Waals surface area contributed by atoms with Crippen LogP contribution in [0.15, 0.2) is 0 Å². The number of aromatic nitrogens is 3. The summed E-state index contributed by atoms with van der Waals surface area (Å²) in [7, 11) is -1.06. The first-order chi connectivity index (χ1) is 5.22. The average Bonchev–Trinajstić information content (AvgIpc) is 2.35. The minimum atomic E-state index is -1.06. The molecule has 0 saturated carbocycles. The molecule has 0 spiro atoms. The minimum absolute atomic E-state index is 0.391. The fourth-order valence-electron chi connectivity index (χ4n) is 0.562. The summed E-state index contributed by atoms with van der Waals surface area (Å²) in [5.41, 5.74) is 0. The second-order valence-corrected chi connectivity index (χ2v) is 3.45. The Morgan fingerprint density at radius 2 is 2.45 bits per heavy atom. The van der Waals surface area contributed by atoms with Crippen molar-refractivity contribution in [2.45, 2.75) is 13.8 Å². The predicted molar refractivity (Wildman–Crippen MR) is 43.4 cm³/mol. The highest BCUT2D eigenvalue weighted by Gasteiger charge is 2.00. The van der Waals surface area contributed by atoms with Gasteiger partial charge in [0.15, 0.2) is 0 Å². The van der Waals surface area contributed by atoms with Crippen molar-refractivity contribution >= 4 is 16.9 Å². The van der Waals surface area contributed by atoms with Crippen LogP contribution in [0.25, 0.3) is 0 Å². The maximum absolute atomic E-state index is 10.9. The molecule has 0 aliphatic rings. The van der Waals surface area contributed by atoms with Crippen molar-refractivity contribution in [1.29, 1.82) is 0 Å². The molecule has 1 atom stereocenters. The van der Waals surface area contributed by atoms with Crippen LogP contribution in [0.5, 0.6) is 0 Å². The molecule has 0 amide bonds. The van der Waals surface area contributed by atoms with Gasteiger partial charge in [0.2, 0.25) is 0 Å². The lowest BCUT2D eigenvalue weighted by Gasteiger charge is -1.95. The second kappa shape index (κ2) is 3.47. The zero-order valence-electron chi connectivity index (χ0n) is 6.42. The smallest absolute Gasteiger partial charge is 0.253 e. The molecule has 2 N–H and O–H groups in total. The molecular formula is C5H10N4OS. The molecule has 0 aliphatic carbocycles. The molecule has 0 bridgehead atoms. The summed E-state index contributed by atoms with van der Waals surface area (Å²) in [4.78, 5) is 3.93. The quantitative estimate of drug-likeness (QED) is 0.688. The molecule has 0 aromatic carbocycles. The third kappa shape index (κ3) is 2.30. The van der Waals surface area contributed by atoms with E-state index in [2.05, 4.69) is 19.9 Å². The standard InChI is InChI=1S/C5H10N4OS/c1-3-11(10)9-5-6-4(2)7-8-5/h3H2,1-2H3,(H2,6,7,8,9). The van der Waals surface area contributed by atoms with Gasteiger partial charge in [-0.2, -0.15) is 4.98 Å². The third-order valence-corrected chi connectivity index (χ3v) is 2.00. The van der Waals surface area contributed by atoms with Crippen molar-refractivity contribution in [3.8, 4) is 0 Å². The summed E-state index contributed by atoms with van der Waals surface area (Å²) < 4.78 is 13.5. The largest absolute Gasteiger partial charge is 0.272 e. The van der Waals surface area contributed by atoms with Crippen LogP contribution >= 0.6 is 0 Å². The molecule has 0 fully saturated rings. The third-order valence-electron chi connectivity index (χ3n) is 1.06. The van der Waals surface area contributed by atoms with E-state index in [1.165, 1.54) is 0 Å². The number of aryl methyl sites for hydroxylation is 1. The molecule has 62 valence electrons. The van der Waals surface area contributed by atoms with E-state index in [0.717, 1.165) is 0 Å². The van der Waals surface area contributed by atoms with E-state index in [9.17, 15) is 4.21 Å². The monoisotopic (exact) mass is 174 g/mol. The lowest BCUT2D eigenvalue weighted by molar-refractivity contribution is 0.687. The highest BCUT2D eigenvalue weighted by Crippen LogP contribution is 1.97. The van der Waals surface area contributed by atoms with Crippen LogP contribution < -0.4 is 4.72 Å². The Bertz CT molecular complexity index is 259. The van der Waals surface area contributed by atoms with Crippen LogP contribution in [0.2, 0.25) is 0 Å². The lowest BCUT2D eigenvalue weighted by Crippen LogP contribution is -2.07. The van der Waals surface area contributed by atoms with Crippen LogP contribution in [0.1, 0.15) is 12.7 Å². The van der Waals surface area contributed by atoms with Gasteiger partial charge < -0.3 is 0 Å². The predicted octanol–water partition coefficient (Wildman–Crippen LogP) is 0.209. The van der Waals surface area contributed by atoms with Gasteiger partial charge in [-0.15, -0.1) is 5.10 Å². The fraction of sp³-hybridized carbons (Fsp3) is 0.600. The Balaban J connectivity index is 2.57. The zero-order chi connectivity index (χ0) is 8.27. The lowest BCUT2D eigenvalue weighted by atomic mass is 10.8. The molecule has 11 heavy (non-hydrogen) atoms. The molecule has 5 nitrogen and oxygen atoms in total. The van der Waals surface area contributed by atoms with E-state index in [1.54, 1.807) is 6.92 Å². The fourth-order valence-corrected chi connectivity index (χ4v) is 1.00. The van der Waals surface area contributed by atoms with Gasteiger partial charge in [-0.25, -0.2) is 4.21 Å². The molecule has 0 aliphatic heterocycles. The van der Waals surface area contributed by atoms with Gasteiger partial charge >= 0.3 is 0 Å². The SMILES string of the molecule is CCS(=O)Nc1n[nH]c(C)n1. The summed E-state index contributed by atoms with van der Waals surface area (Å²) in [6.45, 7) is 3.61. The summed E-state index contributed by atoms with van der Waals surface area (Å²) in [5, 5.41) is 6.40. The number of anilines is 1. The van der Waals surface area contributed by atoms with Crippen LogP contribution in [0.4, 0.5) is 5.95 Å². The molecular weight excluding hydrogens is 164 g/mol. The first kappa shape index (κ1) is 8.19. The second-order valence-electron chi connectivity index (χ2n) is 1.98. The topological polar surface area (TPSA) is 70.7 Å². The number of aromatic amines is 1. The molecule has 1 aromatic heterocycles. The Labute approximate surface area is 67.2 Å². The van der Waals surface area contributed by atoms with Gasteiger partial charge in [-0.05, 0) is 6.92 Å². The van der Waals surface area contributed by atoms with Gasteiger partial charge in [0.05, 0.1) is 0 Å². The summed E-state index contributed by atoms with van der Waals surface area (Å²) in [6, 6.07) is 0. The van der Waals surface area contributed by atoms with Gasteiger partial charge in [-0.3, -0.25) is 9.82 Å². The number of H-pyrrole nitrogens is 1.